The molecule has 0 aromatic carbocycles. The number of fused-ring (bicyclic) bond motifs is 1. The molecule has 0 unspecified atom stereocenters. The molecule has 5 N–H and O–H groups in total. The summed E-state index contributed by atoms with van der Waals surface area (Å²) in [7, 11) is 0. The van der Waals surface area contributed by atoms with Crippen LogP contribution in [0.5, 0.6) is 0 Å². The van der Waals surface area contributed by atoms with Crippen molar-refractivity contribution in [1.29, 1.82) is 0 Å². The van der Waals surface area contributed by atoms with Gasteiger partial charge in [-0.2, -0.15) is 0 Å². The number of carbonyl (C=O) groups excluding carboxylic acids is 1. The number of nitrogen functional groups attached to an aromatic ring is 1. The van der Waals surface area contributed by atoms with Gasteiger partial charge in [0.1, 0.15) is 10.7 Å². The summed E-state index contributed by atoms with van der Waals surface area (Å²) in [5, 5.41) is 2.83. The number of hydrogen-bond donors (Lipinski definition) is 3. The molecule has 0 aliphatic rings. The van der Waals surface area contributed by atoms with Gasteiger partial charge in [-0.25, -0.2) is 15.8 Å². The fourth-order valence-electron chi connectivity index (χ4n) is 1.88. The van der Waals surface area contributed by atoms with Crippen LogP contribution in [0.4, 0.5) is 5.82 Å². The van der Waals surface area contributed by atoms with Gasteiger partial charge in [-0.3, -0.25) is 9.69 Å². The van der Waals surface area contributed by atoms with Crippen LogP contribution < -0.4 is 17.0 Å². The minimum Gasteiger partial charge on any atom is -0.369 e. The first-order chi connectivity index (χ1) is 9.51. The summed E-state index contributed by atoms with van der Waals surface area (Å²) in [5.74, 6) is 6.33. The third-order valence-corrected chi connectivity index (χ3v) is 3.75. The lowest BCUT2D eigenvalue weighted by Gasteiger charge is -2.24. The van der Waals surface area contributed by atoms with Crippen molar-refractivity contribution in [3.8, 4) is 0 Å². The highest BCUT2D eigenvalue weighted by molar-refractivity contribution is 7.16. The van der Waals surface area contributed by atoms with Gasteiger partial charge in [0, 0.05) is 6.04 Å². The van der Waals surface area contributed by atoms with Crippen LogP contribution in [0, 0.1) is 0 Å². The third kappa shape index (κ3) is 3.21. The van der Waals surface area contributed by atoms with Crippen LogP contribution in [0.25, 0.3) is 10.2 Å². The van der Waals surface area contributed by atoms with Crippen LogP contribution in [0.1, 0.15) is 19.7 Å². The predicted molar refractivity (Wildman–Crippen MR) is 80.0 cm³/mol. The van der Waals surface area contributed by atoms with Gasteiger partial charge in [-0.05, 0) is 25.3 Å². The van der Waals surface area contributed by atoms with Crippen LogP contribution in [-0.4, -0.2) is 33.4 Å². The first-order valence-electron chi connectivity index (χ1n) is 6.24. The molecular formula is C12H18N6OS. The number of nitrogens with two attached hydrogens (primary N) is 2. The lowest BCUT2D eigenvalue weighted by atomic mass is 10.3. The maximum atomic E-state index is 11.1. The minimum atomic E-state index is -0.368. The number of rotatable bonds is 6. The van der Waals surface area contributed by atoms with Crippen LogP contribution in [0.3, 0.4) is 0 Å². The number of carbonyl (C=O) groups is 1. The van der Waals surface area contributed by atoms with Crippen LogP contribution >= 0.6 is 11.3 Å². The summed E-state index contributed by atoms with van der Waals surface area (Å²) >= 11 is 1.52. The molecular weight excluding hydrogens is 276 g/mol. The molecule has 0 bridgehead atoms. The Kier molecular flexibility index (Phi) is 4.48. The second kappa shape index (κ2) is 6.12. The monoisotopic (exact) mass is 294 g/mol. The van der Waals surface area contributed by atoms with E-state index in [9.17, 15) is 4.79 Å². The lowest BCUT2D eigenvalue weighted by molar-refractivity contribution is -0.119. The summed E-state index contributed by atoms with van der Waals surface area (Å²) < 4.78 is 0. The van der Waals surface area contributed by atoms with Gasteiger partial charge in [0.05, 0.1) is 18.5 Å². The minimum absolute atomic E-state index is 0.166. The standard InChI is InChI=1S/C12H18N6OS/c1-7(2)18(5-9(13)19)6-10-15-11(17-14)8-3-4-20-12(8)16-10/h3-4,7H,5-6,14H2,1-2H3,(H2,13,19)(H,15,16,17). The summed E-state index contributed by atoms with van der Waals surface area (Å²) in [6, 6.07) is 2.09. The zero-order chi connectivity index (χ0) is 14.7. The van der Waals surface area contributed by atoms with Crippen molar-refractivity contribution in [2.75, 3.05) is 12.0 Å². The van der Waals surface area contributed by atoms with E-state index in [2.05, 4.69) is 15.4 Å². The highest BCUT2D eigenvalue weighted by Crippen LogP contribution is 2.24. The molecule has 2 aromatic rings. The molecule has 2 heterocycles. The van der Waals surface area contributed by atoms with Gasteiger partial charge in [0.25, 0.3) is 0 Å². The number of amides is 1. The van der Waals surface area contributed by atoms with E-state index < -0.39 is 0 Å². The number of hydrogen-bond acceptors (Lipinski definition) is 7. The van der Waals surface area contributed by atoms with Crippen LogP contribution in [0.15, 0.2) is 11.4 Å². The lowest BCUT2D eigenvalue weighted by Crippen LogP contribution is -2.38. The number of aromatic nitrogens is 2. The van der Waals surface area contributed by atoms with E-state index in [1.807, 2.05) is 30.2 Å². The fourth-order valence-corrected chi connectivity index (χ4v) is 2.67. The molecule has 0 atom stereocenters. The van der Waals surface area contributed by atoms with Gasteiger partial charge in [-0.1, -0.05) is 0 Å². The number of thiophene rings is 1. The highest BCUT2D eigenvalue weighted by atomic mass is 32.1. The van der Waals surface area contributed by atoms with Crippen LogP contribution in [0.2, 0.25) is 0 Å². The number of nitrogens with zero attached hydrogens (tertiary/aromatic N) is 3. The van der Waals surface area contributed by atoms with Gasteiger partial charge in [0.15, 0.2) is 5.82 Å². The number of primary amides is 1. The second-order valence-corrected chi connectivity index (χ2v) is 5.63. The molecule has 0 radical (unpaired) electrons. The molecule has 0 saturated heterocycles. The number of nitrogens with one attached hydrogen (secondary N) is 1. The van der Waals surface area contributed by atoms with Crippen molar-refractivity contribution < 1.29 is 4.79 Å². The Bertz CT molecular complexity index is 611. The summed E-state index contributed by atoms with van der Waals surface area (Å²) in [6.45, 7) is 4.61. The molecule has 7 nitrogen and oxygen atoms in total. The third-order valence-electron chi connectivity index (χ3n) is 2.94. The van der Waals surface area contributed by atoms with Crippen molar-refractivity contribution in [3.05, 3.63) is 17.3 Å². The van der Waals surface area contributed by atoms with E-state index in [0.717, 1.165) is 10.2 Å². The molecule has 108 valence electrons. The van der Waals surface area contributed by atoms with Gasteiger partial charge in [-0.15, -0.1) is 11.3 Å². The van der Waals surface area contributed by atoms with Crippen molar-refractivity contribution in [1.82, 2.24) is 14.9 Å². The molecule has 1 amide bonds. The Labute approximate surface area is 121 Å². The molecule has 0 aliphatic heterocycles. The van der Waals surface area contributed by atoms with Gasteiger partial charge >= 0.3 is 0 Å². The Hall–Kier alpha value is -1.77. The van der Waals surface area contributed by atoms with Crippen molar-refractivity contribution in [3.63, 3.8) is 0 Å². The van der Waals surface area contributed by atoms with E-state index in [-0.39, 0.29) is 18.5 Å². The van der Waals surface area contributed by atoms with Gasteiger partial charge < -0.3 is 11.2 Å². The average Bonchev–Trinajstić information content (AvgIpc) is 2.84. The van der Waals surface area contributed by atoms with Crippen LogP contribution in [-0.2, 0) is 11.3 Å². The highest BCUT2D eigenvalue weighted by Gasteiger charge is 2.16. The SMILES string of the molecule is CC(C)N(CC(N)=O)Cc1nc(NN)c2ccsc2n1. The largest absolute Gasteiger partial charge is 0.369 e. The van der Waals surface area contributed by atoms with Crippen molar-refractivity contribution >= 4 is 33.3 Å². The zero-order valence-electron chi connectivity index (χ0n) is 11.5. The van der Waals surface area contributed by atoms with E-state index in [1.165, 1.54) is 11.3 Å². The molecule has 8 heteroatoms. The molecule has 0 saturated carbocycles. The van der Waals surface area contributed by atoms with E-state index >= 15 is 0 Å². The van der Waals surface area contributed by atoms with Crippen molar-refractivity contribution in [2.45, 2.75) is 26.4 Å². The molecule has 0 fully saturated rings. The Morgan fingerprint density at radius 3 is 2.85 bits per heavy atom. The van der Waals surface area contributed by atoms with Crippen molar-refractivity contribution in [2.24, 2.45) is 11.6 Å². The molecule has 0 spiro atoms. The zero-order valence-corrected chi connectivity index (χ0v) is 12.3. The summed E-state index contributed by atoms with van der Waals surface area (Å²) in [6.07, 6.45) is 0. The van der Waals surface area contributed by atoms with Gasteiger partial charge in [0.2, 0.25) is 5.91 Å². The maximum absolute atomic E-state index is 11.1. The Balaban J connectivity index is 2.29. The average molecular weight is 294 g/mol. The molecule has 20 heavy (non-hydrogen) atoms. The molecule has 0 aliphatic carbocycles. The van der Waals surface area contributed by atoms with E-state index in [0.29, 0.717) is 18.2 Å². The topological polar surface area (TPSA) is 110 Å². The Morgan fingerprint density at radius 2 is 2.25 bits per heavy atom. The second-order valence-electron chi connectivity index (χ2n) is 4.74. The first-order valence-corrected chi connectivity index (χ1v) is 7.12. The Morgan fingerprint density at radius 1 is 1.50 bits per heavy atom. The predicted octanol–water partition coefficient (Wildman–Crippen LogP) is 0.673. The number of anilines is 1. The normalized spacial score (nSPS) is 11.4. The molecule has 2 aromatic heterocycles. The molecule has 2 rings (SSSR count). The smallest absolute Gasteiger partial charge is 0.231 e. The summed E-state index contributed by atoms with van der Waals surface area (Å²) in [5.41, 5.74) is 7.85. The quantitative estimate of drug-likeness (QED) is 0.533. The summed E-state index contributed by atoms with van der Waals surface area (Å²) in [4.78, 5) is 22.8. The first kappa shape index (κ1) is 14.6. The van der Waals surface area contributed by atoms with E-state index in [4.69, 9.17) is 11.6 Å². The fraction of sp³-hybridized carbons (Fsp3) is 0.417. The maximum Gasteiger partial charge on any atom is 0.231 e. The van der Waals surface area contributed by atoms with E-state index in [1.54, 1.807) is 0 Å². The number of hydrazine groups is 1.